The summed E-state index contributed by atoms with van der Waals surface area (Å²) >= 11 is 0. The van der Waals surface area contributed by atoms with E-state index in [0.29, 0.717) is 0 Å². The lowest BCUT2D eigenvalue weighted by Crippen LogP contribution is -2.46. The lowest BCUT2D eigenvalue weighted by molar-refractivity contribution is 0.270. The van der Waals surface area contributed by atoms with Crippen molar-refractivity contribution in [3.05, 3.63) is 59.8 Å². The molecular weight excluding hydrogens is 272 g/mol. The molecule has 2 aromatic rings. The molecule has 1 aliphatic heterocycles. The number of nitrogens with zero attached hydrogens (tertiary/aromatic N) is 3. The lowest BCUT2D eigenvalue weighted by Gasteiger charge is -2.34. The van der Waals surface area contributed by atoms with Crippen LogP contribution in [0.2, 0.25) is 0 Å². The second-order valence-corrected chi connectivity index (χ2v) is 5.76. The molecule has 0 saturated carbocycles. The zero-order chi connectivity index (χ0) is 15.4. The Morgan fingerprint density at radius 3 is 2.32 bits per heavy atom. The van der Waals surface area contributed by atoms with E-state index in [2.05, 4.69) is 46.0 Å². The second kappa shape index (κ2) is 6.90. The highest BCUT2D eigenvalue weighted by Gasteiger charge is 2.17. The van der Waals surface area contributed by atoms with Gasteiger partial charge >= 0.3 is 0 Å². The maximum atomic E-state index is 6.32. The van der Waals surface area contributed by atoms with Crippen molar-refractivity contribution in [2.75, 3.05) is 37.6 Å². The van der Waals surface area contributed by atoms with Crippen LogP contribution in [0.4, 0.5) is 5.82 Å². The Kier molecular flexibility index (Phi) is 4.71. The Morgan fingerprint density at radius 2 is 1.73 bits per heavy atom. The van der Waals surface area contributed by atoms with Gasteiger partial charge in [0.2, 0.25) is 0 Å². The van der Waals surface area contributed by atoms with Crippen molar-refractivity contribution < 1.29 is 0 Å². The first kappa shape index (κ1) is 15.0. The summed E-state index contributed by atoms with van der Waals surface area (Å²) < 4.78 is 0. The molecule has 1 aliphatic rings. The number of benzene rings is 1. The Hall–Kier alpha value is -1.91. The number of hydrogen-bond donors (Lipinski definition) is 1. The summed E-state index contributed by atoms with van der Waals surface area (Å²) in [4.78, 5) is 9.45. The van der Waals surface area contributed by atoms with E-state index in [1.54, 1.807) is 0 Å². The van der Waals surface area contributed by atoms with Crippen molar-refractivity contribution in [3.8, 4) is 0 Å². The molecule has 0 unspecified atom stereocenters. The number of aromatic nitrogens is 1. The van der Waals surface area contributed by atoms with Gasteiger partial charge in [-0.2, -0.15) is 0 Å². The van der Waals surface area contributed by atoms with Crippen LogP contribution in [0.3, 0.4) is 0 Å². The maximum absolute atomic E-state index is 6.32. The number of hydrogen-bond acceptors (Lipinski definition) is 4. The molecule has 116 valence electrons. The van der Waals surface area contributed by atoms with E-state index >= 15 is 0 Å². The van der Waals surface area contributed by atoms with E-state index < -0.39 is 0 Å². The minimum absolute atomic E-state index is 0.111. The van der Waals surface area contributed by atoms with Gasteiger partial charge in [0, 0.05) is 32.4 Å². The molecule has 0 aliphatic carbocycles. The highest BCUT2D eigenvalue weighted by molar-refractivity contribution is 5.42. The fraction of sp³-hybridized carbons (Fsp3) is 0.389. The molecule has 0 radical (unpaired) electrons. The molecule has 2 heterocycles. The summed E-state index contributed by atoms with van der Waals surface area (Å²) in [6.45, 7) is 7.67. The Bertz CT molecular complexity index is 574. The molecule has 3 rings (SSSR count). The highest BCUT2D eigenvalue weighted by atomic mass is 15.3. The van der Waals surface area contributed by atoms with E-state index in [1.165, 1.54) is 0 Å². The summed E-state index contributed by atoms with van der Waals surface area (Å²) in [5.74, 6) is 1.06. The molecular formula is C18H24N4. The maximum Gasteiger partial charge on any atom is 0.128 e. The van der Waals surface area contributed by atoms with Crippen LogP contribution in [-0.4, -0.2) is 42.6 Å². The summed E-state index contributed by atoms with van der Waals surface area (Å²) in [5.41, 5.74) is 8.50. The first-order valence-electron chi connectivity index (χ1n) is 8.01. The van der Waals surface area contributed by atoms with E-state index in [1.807, 2.05) is 24.4 Å². The summed E-state index contributed by atoms with van der Waals surface area (Å²) in [6.07, 6.45) is 1.92. The van der Waals surface area contributed by atoms with Crippen LogP contribution in [0.5, 0.6) is 0 Å². The minimum atomic E-state index is -0.111. The first-order valence-corrected chi connectivity index (χ1v) is 8.01. The summed E-state index contributed by atoms with van der Waals surface area (Å²) in [7, 11) is 0. The molecule has 1 aromatic heterocycles. The SMILES string of the molecule is CCN1CCN(c2ccc([C@@H](N)c3ccccc3)cn2)CC1. The topological polar surface area (TPSA) is 45.4 Å². The predicted molar refractivity (Wildman–Crippen MR) is 91.0 cm³/mol. The van der Waals surface area contributed by atoms with Crippen LogP contribution in [-0.2, 0) is 0 Å². The van der Waals surface area contributed by atoms with Gasteiger partial charge in [0.05, 0.1) is 6.04 Å². The molecule has 1 atom stereocenters. The van der Waals surface area contributed by atoms with Gasteiger partial charge in [-0.25, -0.2) is 4.98 Å². The van der Waals surface area contributed by atoms with Crippen molar-refractivity contribution in [3.63, 3.8) is 0 Å². The van der Waals surface area contributed by atoms with Crippen molar-refractivity contribution in [1.29, 1.82) is 0 Å². The van der Waals surface area contributed by atoms with Crippen LogP contribution in [0.1, 0.15) is 24.1 Å². The average Bonchev–Trinajstić information content (AvgIpc) is 2.62. The fourth-order valence-electron chi connectivity index (χ4n) is 2.91. The van der Waals surface area contributed by atoms with Crippen molar-refractivity contribution >= 4 is 5.82 Å². The zero-order valence-electron chi connectivity index (χ0n) is 13.2. The molecule has 0 amide bonds. The number of anilines is 1. The monoisotopic (exact) mass is 296 g/mol. The Morgan fingerprint density at radius 1 is 1.00 bits per heavy atom. The number of rotatable bonds is 4. The van der Waals surface area contributed by atoms with E-state index in [0.717, 1.165) is 49.7 Å². The van der Waals surface area contributed by atoms with E-state index in [4.69, 9.17) is 5.73 Å². The predicted octanol–water partition coefficient (Wildman–Crippen LogP) is 2.27. The van der Waals surface area contributed by atoms with Gasteiger partial charge in [-0.05, 0) is 23.7 Å². The first-order chi connectivity index (χ1) is 10.8. The number of pyridine rings is 1. The molecule has 22 heavy (non-hydrogen) atoms. The van der Waals surface area contributed by atoms with Crippen molar-refractivity contribution in [1.82, 2.24) is 9.88 Å². The molecule has 0 spiro atoms. The summed E-state index contributed by atoms with van der Waals surface area (Å²) in [6, 6.07) is 14.2. The van der Waals surface area contributed by atoms with Crippen LogP contribution in [0, 0.1) is 0 Å². The third-order valence-electron chi connectivity index (χ3n) is 4.43. The molecule has 1 fully saturated rings. The minimum Gasteiger partial charge on any atom is -0.354 e. The van der Waals surface area contributed by atoms with Gasteiger partial charge in [-0.3, -0.25) is 0 Å². The smallest absolute Gasteiger partial charge is 0.128 e. The van der Waals surface area contributed by atoms with Crippen molar-refractivity contribution in [2.45, 2.75) is 13.0 Å². The number of piperazine rings is 1. The van der Waals surface area contributed by atoms with Gasteiger partial charge < -0.3 is 15.5 Å². The average molecular weight is 296 g/mol. The molecule has 4 heteroatoms. The molecule has 2 N–H and O–H groups in total. The normalized spacial score (nSPS) is 17.5. The third-order valence-corrected chi connectivity index (χ3v) is 4.43. The van der Waals surface area contributed by atoms with E-state index in [9.17, 15) is 0 Å². The molecule has 0 bridgehead atoms. The van der Waals surface area contributed by atoms with E-state index in [-0.39, 0.29) is 6.04 Å². The van der Waals surface area contributed by atoms with Crippen LogP contribution in [0.25, 0.3) is 0 Å². The number of nitrogens with two attached hydrogens (primary N) is 1. The standard InChI is InChI=1S/C18H24N4/c1-2-21-10-12-22(13-11-21)17-9-8-16(14-20-17)18(19)15-6-4-3-5-7-15/h3-9,14,18H,2,10-13,19H2,1H3/t18-/m0/s1. The van der Waals surface area contributed by atoms with Gasteiger partial charge in [0.1, 0.15) is 5.82 Å². The third kappa shape index (κ3) is 3.29. The second-order valence-electron chi connectivity index (χ2n) is 5.76. The quantitative estimate of drug-likeness (QED) is 0.940. The molecule has 1 aromatic carbocycles. The fourth-order valence-corrected chi connectivity index (χ4v) is 2.91. The highest BCUT2D eigenvalue weighted by Crippen LogP contribution is 2.21. The van der Waals surface area contributed by atoms with Gasteiger partial charge in [0.25, 0.3) is 0 Å². The lowest BCUT2D eigenvalue weighted by atomic mass is 10.0. The van der Waals surface area contributed by atoms with Gasteiger partial charge in [-0.15, -0.1) is 0 Å². The van der Waals surface area contributed by atoms with Crippen LogP contribution < -0.4 is 10.6 Å². The Labute approximate surface area is 132 Å². The zero-order valence-corrected chi connectivity index (χ0v) is 13.2. The van der Waals surface area contributed by atoms with Crippen LogP contribution in [0.15, 0.2) is 48.7 Å². The van der Waals surface area contributed by atoms with Crippen LogP contribution >= 0.6 is 0 Å². The van der Waals surface area contributed by atoms with Gasteiger partial charge in [0.15, 0.2) is 0 Å². The summed E-state index contributed by atoms with van der Waals surface area (Å²) in [5, 5.41) is 0. The van der Waals surface area contributed by atoms with Crippen molar-refractivity contribution in [2.24, 2.45) is 5.73 Å². The largest absolute Gasteiger partial charge is 0.354 e. The molecule has 4 nitrogen and oxygen atoms in total. The Balaban J connectivity index is 1.68. The molecule has 1 saturated heterocycles. The van der Waals surface area contributed by atoms with Gasteiger partial charge in [-0.1, -0.05) is 43.3 Å². The number of likely N-dealkylation sites (N-methyl/N-ethyl adjacent to an activating group) is 1.